The average molecular weight is 360 g/mol. The Morgan fingerprint density at radius 3 is 2.73 bits per heavy atom. The zero-order valence-electron chi connectivity index (χ0n) is 14.5. The fourth-order valence-electron chi connectivity index (χ4n) is 2.21. The second-order valence-corrected chi connectivity index (χ2v) is 5.49. The van der Waals surface area contributed by atoms with Crippen LogP contribution in [-0.4, -0.2) is 40.1 Å². The Kier molecular flexibility index (Phi) is 6.42. The van der Waals surface area contributed by atoms with Crippen LogP contribution in [0.1, 0.15) is 20.3 Å². The number of fused-ring (bicyclic) bond motifs is 1. The molecule has 0 aliphatic carbocycles. The van der Waals surface area contributed by atoms with E-state index < -0.39 is 24.0 Å². The number of carbonyl (C=O) groups excluding carboxylic acids is 3. The number of nitrogens with zero attached hydrogens (tertiary/aromatic N) is 2. The van der Waals surface area contributed by atoms with Crippen LogP contribution in [0.25, 0.3) is 10.9 Å². The summed E-state index contributed by atoms with van der Waals surface area (Å²) in [7, 11) is 0. The topological polar surface area (TPSA) is 119 Å². The molecule has 0 aliphatic heterocycles. The predicted molar refractivity (Wildman–Crippen MR) is 93.4 cm³/mol. The van der Waals surface area contributed by atoms with Gasteiger partial charge in [0, 0.05) is 13.1 Å². The molecule has 26 heavy (non-hydrogen) atoms. The van der Waals surface area contributed by atoms with Crippen molar-refractivity contribution < 1.29 is 19.1 Å². The zero-order valence-corrected chi connectivity index (χ0v) is 14.5. The van der Waals surface area contributed by atoms with Gasteiger partial charge in [-0.2, -0.15) is 0 Å². The number of urea groups is 1. The Hall–Kier alpha value is -3.23. The molecule has 0 fully saturated rings. The predicted octanol–water partition coefficient (Wildman–Crippen LogP) is 0.564. The maximum absolute atomic E-state index is 12.3. The van der Waals surface area contributed by atoms with Crippen LogP contribution in [0.4, 0.5) is 4.79 Å². The summed E-state index contributed by atoms with van der Waals surface area (Å²) in [5, 5.41) is 4.91. The van der Waals surface area contributed by atoms with Crippen LogP contribution in [0.15, 0.2) is 35.4 Å². The third-order valence-corrected chi connectivity index (χ3v) is 3.54. The maximum Gasteiger partial charge on any atom is 0.321 e. The number of para-hydroxylation sites is 1. The van der Waals surface area contributed by atoms with Gasteiger partial charge in [0.15, 0.2) is 6.10 Å². The largest absolute Gasteiger partial charge is 0.452 e. The van der Waals surface area contributed by atoms with Gasteiger partial charge in [0.05, 0.1) is 23.7 Å². The summed E-state index contributed by atoms with van der Waals surface area (Å²) >= 11 is 0. The smallest absolute Gasteiger partial charge is 0.321 e. The third kappa shape index (κ3) is 4.88. The summed E-state index contributed by atoms with van der Waals surface area (Å²) in [6, 6.07) is 6.24. The van der Waals surface area contributed by atoms with Crippen LogP contribution in [-0.2, 0) is 20.9 Å². The van der Waals surface area contributed by atoms with Gasteiger partial charge in [-0.25, -0.2) is 9.78 Å². The molecule has 1 aromatic carbocycles. The lowest BCUT2D eigenvalue weighted by Crippen LogP contribution is -2.44. The standard InChI is InChI=1S/C17H20N4O5/c1-3-18-17(25)20-15(23)11(2)26-14(22)8-9-21-10-19-13-7-5-4-6-12(13)16(21)24/h4-7,10-11H,3,8-9H2,1-2H3,(H2,18,20,23,25). The zero-order chi connectivity index (χ0) is 19.1. The Morgan fingerprint density at radius 2 is 2.00 bits per heavy atom. The molecule has 9 nitrogen and oxygen atoms in total. The van der Waals surface area contributed by atoms with Crippen molar-refractivity contribution >= 4 is 28.8 Å². The van der Waals surface area contributed by atoms with Crippen molar-refractivity contribution in [3.05, 3.63) is 40.9 Å². The minimum Gasteiger partial charge on any atom is -0.452 e. The lowest BCUT2D eigenvalue weighted by molar-refractivity contribution is -0.154. The minimum atomic E-state index is -1.13. The first-order valence-corrected chi connectivity index (χ1v) is 8.14. The number of aryl methyl sites for hydroxylation is 1. The lowest BCUT2D eigenvalue weighted by atomic mass is 10.2. The van der Waals surface area contributed by atoms with E-state index in [0.29, 0.717) is 17.4 Å². The molecule has 2 rings (SSSR count). The SMILES string of the molecule is CCNC(=O)NC(=O)C(C)OC(=O)CCn1cnc2ccccc2c1=O. The highest BCUT2D eigenvalue weighted by Crippen LogP contribution is 2.05. The number of hydrogen-bond acceptors (Lipinski definition) is 6. The van der Waals surface area contributed by atoms with Crippen molar-refractivity contribution in [2.24, 2.45) is 0 Å². The van der Waals surface area contributed by atoms with E-state index in [-0.39, 0.29) is 18.5 Å². The maximum atomic E-state index is 12.3. The van der Waals surface area contributed by atoms with Crippen molar-refractivity contribution in [3.8, 4) is 0 Å². The number of ether oxygens (including phenoxy) is 1. The van der Waals surface area contributed by atoms with Crippen LogP contribution in [0.3, 0.4) is 0 Å². The summed E-state index contributed by atoms with van der Waals surface area (Å²) < 4.78 is 6.28. The molecule has 0 radical (unpaired) electrons. The molecule has 1 atom stereocenters. The summed E-state index contributed by atoms with van der Waals surface area (Å²) in [6.07, 6.45) is 0.124. The molecule has 2 N–H and O–H groups in total. The van der Waals surface area contributed by atoms with Gasteiger partial charge in [0.25, 0.3) is 11.5 Å². The molecule has 9 heteroatoms. The molecule has 2 aromatic rings. The molecular weight excluding hydrogens is 340 g/mol. The fraction of sp³-hybridized carbons (Fsp3) is 0.353. The molecule has 0 spiro atoms. The second-order valence-electron chi connectivity index (χ2n) is 5.49. The highest BCUT2D eigenvalue weighted by molar-refractivity contribution is 5.97. The van der Waals surface area contributed by atoms with Gasteiger partial charge >= 0.3 is 12.0 Å². The van der Waals surface area contributed by atoms with Gasteiger partial charge in [-0.05, 0) is 26.0 Å². The summed E-state index contributed by atoms with van der Waals surface area (Å²) in [4.78, 5) is 51.4. The molecule has 0 saturated heterocycles. The lowest BCUT2D eigenvalue weighted by Gasteiger charge is -2.13. The highest BCUT2D eigenvalue weighted by atomic mass is 16.5. The summed E-state index contributed by atoms with van der Waals surface area (Å²) in [5.41, 5.74) is 0.317. The monoisotopic (exact) mass is 360 g/mol. The van der Waals surface area contributed by atoms with E-state index in [1.807, 2.05) is 0 Å². The summed E-state index contributed by atoms with van der Waals surface area (Å²) in [6.45, 7) is 3.50. The Bertz CT molecular complexity index is 877. The molecule has 0 bridgehead atoms. The van der Waals surface area contributed by atoms with E-state index in [0.717, 1.165) is 0 Å². The fourth-order valence-corrected chi connectivity index (χ4v) is 2.21. The molecule has 0 aliphatic rings. The van der Waals surface area contributed by atoms with E-state index in [1.54, 1.807) is 31.2 Å². The van der Waals surface area contributed by atoms with E-state index in [1.165, 1.54) is 17.8 Å². The third-order valence-electron chi connectivity index (χ3n) is 3.54. The van der Waals surface area contributed by atoms with Crippen molar-refractivity contribution in [2.45, 2.75) is 32.9 Å². The number of nitrogens with one attached hydrogen (secondary N) is 2. The van der Waals surface area contributed by atoms with Gasteiger partial charge in [-0.3, -0.25) is 24.3 Å². The van der Waals surface area contributed by atoms with Crippen molar-refractivity contribution in [2.75, 3.05) is 6.54 Å². The number of benzene rings is 1. The van der Waals surface area contributed by atoms with Gasteiger partial charge in [-0.15, -0.1) is 0 Å². The number of imide groups is 1. The van der Waals surface area contributed by atoms with Crippen LogP contribution >= 0.6 is 0 Å². The first-order chi connectivity index (χ1) is 12.4. The Morgan fingerprint density at radius 1 is 1.27 bits per heavy atom. The van der Waals surface area contributed by atoms with E-state index >= 15 is 0 Å². The van der Waals surface area contributed by atoms with Gasteiger partial charge in [0.2, 0.25) is 0 Å². The van der Waals surface area contributed by atoms with Crippen LogP contribution < -0.4 is 16.2 Å². The number of rotatable bonds is 6. The number of amides is 3. The summed E-state index contributed by atoms with van der Waals surface area (Å²) in [5.74, 6) is -1.39. The molecule has 138 valence electrons. The molecule has 1 aromatic heterocycles. The van der Waals surface area contributed by atoms with E-state index in [2.05, 4.69) is 15.6 Å². The minimum absolute atomic E-state index is 0.0696. The normalized spacial score (nSPS) is 11.6. The van der Waals surface area contributed by atoms with Crippen LogP contribution in [0.5, 0.6) is 0 Å². The van der Waals surface area contributed by atoms with Crippen molar-refractivity contribution in [3.63, 3.8) is 0 Å². The molecule has 0 saturated carbocycles. The second kappa shape index (κ2) is 8.75. The first-order valence-electron chi connectivity index (χ1n) is 8.14. The van der Waals surface area contributed by atoms with Crippen molar-refractivity contribution in [1.29, 1.82) is 0 Å². The number of hydrogen-bond donors (Lipinski definition) is 2. The Labute approximate surface area is 149 Å². The quantitative estimate of drug-likeness (QED) is 0.727. The molecular formula is C17H20N4O5. The molecule has 1 heterocycles. The van der Waals surface area contributed by atoms with E-state index in [4.69, 9.17) is 4.74 Å². The highest BCUT2D eigenvalue weighted by Gasteiger charge is 2.19. The van der Waals surface area contributed by atoms with Gasteiger partial charge in [0.1, 0.15) is 0 Å². The number of carbonyl (C=O) groups is 3. The van der Waals surface area contributed by atoms with Gasteiger partial charge in [-0.1, -0.05) is 12.1 Å². The van der Waals surface area contributed by atoms with Crippen LogP contribution in [0.2, 0.25) is 0 Å². The van der Waals surface area contributed by atoms with Gasteiger partial charge < -0.3 is 10.1 Å². The first kappa shape index (κ1) is 19.1. The Balaban J connectivity index is 1.90. The van der Waals surface area contributed by atoms with Crippen molar-refractivity contribution in [1.82, 2.24) is 20.2 Å². The number of aromatic nitrogens is 2. The molecule has 1 unspecified atom stereocenters. The number of esters is 1. The average Bonchev–Trinajstić information content (AvgIpc) is 2.61. The van der Waals surface area contributed by atoms with E-state index in [9.17, 15) is 19.2 Å². The molecule has 3 amide bonds. The van der Waals surface area contributed by atoms with Crippen LogP contribution in [0, 0.1) is 0 Å².